The molecular formula is C20H30N4O2. The molecule has 0 aliphatic rings. The van der Waals surface area contributed by atoms with E-state index in [0.717, 1.165) is 31.5 Å². The molecule has 2 aromatic rings. The van der Waals surface area contributed by atoms with Gasteiger partial charge in [0, 0.05) is 31.5 Å². The second-order valence-electron chi connectivity index (χ2n) is 7.87. The first-order valence-corrected chi connectivity index (χ1v) is 9.17. The molecule has 1 N–H and O–H groups in total. The maximum atomic E-state index is 11.8. The van der Waals surface area contributed by atoms with Gasteiger partial charge in [-0.25, -0.2) is 0 Å². The second-order valence-corrected chi connectivity index (χ2v) is 7.87. The highest BCUT2D eigenvalue weighted by atomic mass is 16.5. The van der Waals surface area contributed by atoms with E-state index in [1.54, 1.807) is 0 Å². The Bertz CT molecular complexity index is 677. The molecule has 0 spiro atoms. The van der Waals surface area contributed by atoms with E-state index in [4.69, 9.17) is 4.52 Å². The largest absolute Gasteiger partial charge is 0.355 e. The number of hydrogen-bond donors (Lipinski definition) is 1. The zero-order chi connectivity index (χ0) is 19.0. The number of aryl methyl sites for hydroxylation is 1. The van der Waals surface area contributed by atoms with Crippen molar-refractivity contribution in [3.8, 4) is 11.4 Å². The van der Waals surface area contributed by atoms with Crippen molar-refractivity contribution in [2.75, 3.05) is 26.7 Å². The van der Waals surface area contributed by atoms with Gasteiger partial charge in [-0.05, 0) is 25.4 Å². The molecule has 1 aromatic carbocycles. The summed E-state index contributed by atoms with van der Waals surface area (Å²) in [5.74, 6) is 1.41. The minimum atomic E-state index is 0.0265. The highest BCUT2D eigenvalue weighted by molar-refractivity contribution is 5.76. The Morgan fingerprint density at radius 2 is 1.92 bits per heavy atom. The predicted molar refractivity (Wildman–Crippen MR) is 103 cm³/mol. The number of hydrogen-bond acceptors (Lipinski definition) is 5. The SMILES string of the molecule is CN(CCCc1nc(-c2ccccc2)no1)CCNC(=O)CC(C)(C)C. The molecule has 0 radical (unpaired) electrons. The Balaban J connectivity index is 1.64. The summed E-state index contributed by atoms with van der Waals surface area (Å²) >= 11 is 0. The van der Waals surface area contributed by atoms with Crippen LogP contribution in [0.1, 0.15) is 39.5 Å². The molecule has 0 fully saturated rings. The summed E-state index contributed by atoms with van der Waals surface area (Å²) in [5.41, 5.74) is 0.990. The zero-order valence-electron chi connectivity index (χ0n) is 16.3. The van der Waals surface area contributed by atoms with Gasteiger partial charge in [-0.2, -0.15) is 4.98 Å². The van der Waals surface area contributed by atoms with E-state index in [0.29, 0.717) is 24.7 Å². The van der Waals surface area contributed by atoms with E-state index in [1.807, 2.05) is 30.3 Å². The van der Waals surface area contributed by atoms with Gasteiger partial charge in [-0.1, -0.05) is 56.3 Å². The van der Waals surface area contributed by atoms with Crippen LogP contribution in [0.5, 0.6) is 0 Å². The normalized spacial score (nSPS) is 11.7. The van der Waals surface area contributed by atoms with Crippen LogP contribution in [-0.2, 0) is 11.2 Å². The predicted octanol–water partition coefficient (Wildman–Crippen LogP) is 3.15. The maximum Gasteiger partial charge on any atom is 0.227 e. The summed E-state index contributed by atoms with van der Waals surface area (Å²) in [4.78, 5) is 18.4. The molecule has 0 saturated heterocycles. The van der Waals surface area contributed by atoms with Crippen LogP contribution in [0, 0.1) is 5.41 Å². The van der Waals surface area contributed by atoms with E-state index in [-0.39, 0.29) is 11.3 Å². The monoisotopic (exact) mass is 358 g/mol. The molecule has 1 amide bonds. The molecule has 26 heavy (non-hydrogen) atoms. The van der Waals surface area contributed by atoms with Gasteiger partial charge in [0.15, 0.2) is 0 Å². The fourth-order valence-electron chi connectivity index (χ4n) is 2.60. The lowest BCUT2D eigenvalue weighted by Crippen LogP contribution is -2.35. The summed E-state index contributed by atoms with van der Waals surface area (Å²) < 4.78 is 5.32. The number of carbonyl (C=O) groups excluding carboxylic acids is 1. The van der Waals surface area contributed by atoms with Crippen molar-refractivity contribution >= 4 is 5.91 Å². The van der Waals surface area contributed by atoms with Crippen LogP contribution in [-0.4, -0.2) is 47.6 Å². The number of benzene rings is 1. The Hall–Kier alpha value is -2.21. The average Bonchev–Trinajstić information content (AvgIpc) is 3.03. The topological polar surface area (TPSA) is 71.3 Å². The molecule has 0 saturated carbocycles. The van der Waals surface area contributed by atoms with E-state index >= 15 is 0 Å². The van der Waals surface area contributed by atoms with Crippen molar-refractivity contribution in [3.63, 3.8) is 0 Å². The molecule has 142 valence electrons. The lowest BCUT2D eigenvalue weighted by Gasteiger charge is -2.19. The first-order valence-electron chi connectivity index (χ1n) is 9.17. The number of rotatable bonds is 9. The molecule has 1 aromatic heterocycles. The zero-order valence-corrected chi connectivity index (χ0v) is 16.3. The molecule has 0 aliphatic heterocycles. The van der Waals surface area contributed by atoms with Gasteiger partial charge in [-0.3, -0.25) is 4.79 Å². The van der Waals surface area contributed by atoms with Gasteiger partial charge in [0.25, 0.3) is 0 Å². The molecular weight excluding hydrogens is 328 g/mol. The molecule has 1 heterocycles. The van der Waals surface area contributed by atoms with Crippen LogP contribution in [0.15, 0.2) is 34.9 Å². The first kappa shape index (κ1) is 20.1. The summed E-state index contributed by atoms with van der Waals surface area (Å²) in [5, 5.41) is 7.01. The Labute approximate surface area is 156 Å². The molecule has 6 heteroatoms. The number of amides is 1. The van der Waals surface area contributed by atoms with Crippen molar-refractivity contribution in [2.45, 2.75) is 40.0 Å². The number of likely N-dealkylation sites (N-methyl/N-ethyl adjacent to an activating group) is 1. The van der Waals surface area contributed by atoms with Gasteiger partial charge >= 0.3 is 0 Å². The summed E-state index contributed by atoms with van der Waals surface area (Å²) in [7, 11) is 2.05. The van der Waals surface area contributed by atoms with Gasteiger partial charge < -0.3 is 14.7 Å². The van der Waals surface area contributed by atoms with Crippen molar-refractivity contribution in [1.29, 1.82) is 0 Å². The fourth-order valence-corrected chi connectivity index (χ4v) is 2.60. The van der Waals surface area contributed by atoms with E-state index < -0.39 is 0 Å². The second kappa shape index (κ2) is 9.48. The van der Waals surface area contributed by atoms with Crippen LogP contribution >= 0.6 is 0 Å². The minimum absolute atomic E-state index is 0.0265. The first-order chi connectivity index (χ1) is 12.3. The van der Waals surface area contributed by atoms with Crippen molar-refractivity contribution < 1.29 is 9.32 Å². The summed E-state index contributed by atoms with van der Waals surface area (Å²) in [6, 6.07) is 9.82. The van der Waals surface area contributed by atoms with Crippen molar-refractivity contribution in [2.24, 2.45) is 5.41 Å². The summed E-state index contributed by atoms with van der Waals surface area (Å²) in [6.07, 6.45) is 2.24. The van der Waals surface area contributed by atoms with Crippen molar-refractivity contribution in [3.05, 3.63) is 36.2 Å². The lowest BCUT2D eigenvalue weighted by molar-refractivity contribution is -0.122. The van der Waals surface area contributed by atoms with Crippen molar-refractivity contribution in [1.82, 2.24) is 20.4 Å². The number of aromatic nitrogens is 2. The number of nitrogens with one attached hydrogen (secondary N) is 1. The van der Waals surface area contributed by atoms with Crippen LogP contribution in [0.2, 0.25) is 0 Å². The third-order valence-electron chi connectivity index (χ3n) is 3.94. The van der Waals surface area contributed by atoms with Gasteiger partial charge in [0.2, 0.25) is 17.6 Å². The van der Waals surface area contributed by atoms with Gasteiger partial charge in [0.1, 0.15) is 0 Å². The van der Waals surface area contributed by atoms with E-state index in [9.17, 15) is 4.79 Å². The van der Waals surface area contributed by atoms with E-state index in [2.05, 4.69) is 48.2 Å². The number of nitrogens with zero attached hydrogens (tertiary/aromatic N) is 3. The molecule has 0 unspecified atom stereocenters. The quantitative estimate of drug-likeness (QED) is 0.745. The Morgan fingerprint density at radius 3 is 2.62 bits per heavy atom. The lowest BCUT2D eigenvalue weighted by atomic mass is 9.92. The van der Waals surface area contributed by atoms with Gasteiger partial charge in [0.05, 0.1) is 0 Å². The van der Waals surface area contributed by atoms with Crippen LogP contribution in [0.25, 0.3) is 11.4 Å². The Morgan fingerprint density at radius 1 is 1.19 bits per heavy atom. The Kier molecular flexibility index (Phi) is 7.33. The van der Waals surface area contributed by atoms with Crippen LogP contribution < -0.4 is 5.32 Å². The molecule has 0 aliphatic carbocycles. The fraction of sp³-hybridized carbons (Fsp3) is 0.550. The third kappa shape index (κ3) is 7.35. The van der Waals surface area contributed by atoms with E-state index in [1.165, 1.54) is 0 Å². The smallest absolute Gasteiger partial charge is 0.227 e. The molecule has 6 nitrogen and oxygen atoms in total. The third-order valence-corrected chi connectivity index (χ3v) is 3.94. The average molecular weight is 358 g/mol. The molecule has 0 bridgehead atoms. The number of carbonyl (C=O) groups is 1. The van der Waals surface area contributed by atoms with Crippen LogP contribution in [0.3, 0.4) is 0 Å². The molecule has 2 rings (SSSR count). The highest BCUT2D eigenvalue weighted by Gasteiger charge is 2.15. The minimum Gasteiger partial charge on any atom is -0.355 e. The standard InChI is InChI=1S/C20H30N4O2/c1-20(2,3)15-17(25)21-12-14-24(4)13-8-11-18-22-19(23-26-18)16-9-6-5-7-10-16/h5-7,9-10H,8,11-15H2,1-4H3,(H,21,25). The van der Waals surface area contributed by atoms with Crippen LogP contribution in [0.4, 0.5) is 0 Å². The highest BCUT2D eigenvalue weighted by Crippen LogP contribution is 2.17. The molecule has 0 atom stereocenters. The maximum absolute atomic E-state index is 11.8. The summed E-state index contributed by atoms with van der Waals surface area (Å²) in [6.45, 7) is 8.62. The van der Waals surface area contributed by atoms with Gasteiger partial charge in [-0.15, -0.1) is 0 Å².